The number of aliphatic hydroxyl groups is 1. The van der Waals surface area contributed by atoms with E-state index in [0.29, 0.717) is 17.8 Å². The van der Waals surface area contributed by atoms with E-state index in [1.165, 1.54) is 0 Å². The summed E-state index contributed by atoms with van der Waals surface area (Å²) >= 11 is 0. The second-order valence-electron chi connectivity index (χ2n) is 4.98. The summed E-state index contributed by atoms with van der Waals surface area (Å²) in [6, 6.07) is 8.93. The fourth-order valence-electron chi connectivity index (χ4n) is 1.98. The zero-order valence-corrected chi connectivity index (χ0v) is 12.0. The van der Waals surface area contributed by atoms with Crippen LogP contribution in [-0.4, -0.2) is 33.4 Å². The zero-order valence-electron chi connectivity index (χ0n) is 12.0. The van der Waals surface area contributed by atoms with Gasteiger partial charge in [0, 0.05) is 24.5 Å². The van der Waals surface area contributed by atoms with Gasteiger partial charge in [0.2, 0.25) is 0 Å². The van der Waals surface area contributed by atoms with Gasteiger partial charge in [-0.2, -0.15) is 5.10 Å². The van der Waals surface area contributed by atoms with Crippen LogP contribution in [0.15, 0.2) is 36.5 Å². The molecule has 0 aliphatic carbocycles. The molecule has 112 valence electrons. The van der Waals surface area contributed by atoms with Gasteiger partial charge in [0.05, 0.1) is 5.69 Å². The molecule has 0 radical (unpaired) electrons. The molecule has 6 heteroatoms. The fraction of sp³-hybridized carbons (Fsp3) is 0.333. The molecular formula is C15H20N4O2. The van der Waals surface area contributed by atoms with Crippen LogP contribution in [0.2, 0.25) is 0 Å². The molecule has 1 aromatic heterocycles. The van der Waals surface area contributed by atoms with Crippen LogP contribution in [0.25, 0.3) is 5.69 Å². The minimum absolute atomic E-state index is 0.00586. The van der Waals surface area contributed by atoms with Crippen LogP contribution in [0.5, 0.6) is 0 Å². The Kier molecular flexibility index (Phi) is 4.94. The molecule has 1 atom stereocenters. The molecule has 0 aliphatic heterocycles. The number of nitrogen functional groups attached to an aromatic ring is 1. The van der Waals surface area contributed by atoms with E-state index in [2.05, 4.69) is 10.4 Å². The average Bonchev–Trinajstić information content (AvgIpc) is 2.96. The van der Waals surface area contributed by atoms with Crippen molar-refractivity contribution in [3.8, 4) is 5.69 Å². The van der Waals surface area contributed by atoms with Crippen molar-refractivity contribution in [2.45, 2.75) is 25.8 Å². The average molecular weight is 288 g/mol. The lowest BCUT2D eigenvalue weighted by molar-refractivity contribution is 0.0931. The van der Waals surface area contributed by atoms with Crippen LogP contribution in [0.1, 0.15) is 30.3 Å². The maximum atomic E-state index is 12.0. The molecule has 0 bridgehead atoms. The van der Waals surface area contributed by atoms with Crippen molar-refractivity contribution in [3.63, 3.8) is 0 Å². The SMILES string of the molecule is CC(CCCO)NC(=O)c1ccn(-c2ccc(N)cc2)n1. The maximum absolute atomic E-state index is 12.0. The molecule has 21 heavy (non-hydrogen) atoms. The van der Waals surface area contributed by atoms with Gasteiger partial charge in [-0.25, -0.2) is 4.68 Å². The van der Waals surface area contributed by atoms with Crippen molar-refractivity contribution < 1.29 is 9.90 Å². The van der Waals surface area contributed by atoms with E-state index < -0.39 is 0 Å². The highest BCUT2D eigenvalue weighted by atomic mass is 16.3. The summed E-state index contributed by atoms with van der Waals surface area (Å²) in [5, 5.41) is 15.9. The van der Waals surface area contributed by atoms with E-state index in [-0.39, 0.29) is 18.6 Å². The van der Waals surface area contributed by atoms with Gasteiger partial charge in [-0.05, 0) is 50.1 Å². The van der Waals surface area contributed by atoms with E-state index in [1.54, 1.807) is 29.1 Å². The van der Waals surface area contributed by atoms with Gasteiger partial charge in [-0.1, -0.05) is 0 Å². The number of hydrogen-bond acceptors (Lipinski definition) is 4. The molecular weight excluding hydrogens is 268 g/mol. The van der Waals surface area contributed by atoms with Crippen molar-refractivity contribution in [2.24, 2.45) is 0 Å². The van der Waals surface area contributed by atoms with E-state index >= 15 is 0 Å². The van der Waals surface area contributed by atoms with Gasteiger partial charge in [-0.15, -0.1) is 0 Å². The summed E-state index contributed by atoms with van der Waals surface area (Å²) in [4.78, 5) is 12.0. The number of amides is 1. The minimum atomic E-state index is -0.213. The molecule has 6 nitrogen and oxygen atoms in total. The molecule has 0 saturated carbocycles. The number of benzene rings is 1. The summed E-state index contributed by atoms with van der Waals surface area (Å²) in [5.74, 6) is -0.213. The molecule has 2 rings (SSSR count). The Morgan fingerprint density at radius 1 is 1.38 bits per heavy atom. The molecule has 0 aliphatic rings. The largest absolute Gasteiger partial charge is 0.399 e. The molecule has 0 spiro atoms. The zero-order chi connectivity index (χ0) is 15.2. The number of nitrogens with two attached hydrogens (primary N) is 1. The molecule has 0 fully saturated rings. The summed E-state index contributed by atoms with van der Waals surface area (Å²) in [7, 11) is 0. The van der Waals surface area contributed by atoms with E-state index in [0.717, 1.165) is 12.1 Å². The highest BCUT2D eigenvalue weighted by Crippen LogP contribution is 2.10. The predicted molar refractivity (Wildman–Crippen MR) is 81.2 cm³/mol. The van der Waals surface area contributed by atoms with E-state index in [9.17, 15) is 4.79 Å². The molecule has 2 aromatic rings. The summed E-state index contributed by atoms with van der Waals surface area (Å²) < 4.78 is 1.63. The van der Waals surface area contributed by atoms with Crippen LogP contribution < -0.4 is 11.1 Å². The Morgan fingerprint density at radius 2 is 2.10 bits per heavy atom. The maximum Gasteiger partial charge on any atom is 0.271 e. The Hall–Kier alpha value is -2.34. The number of hydrogen-bond donors (Lipinski definition) is 3. The number of aliphatic hydroxyl groups excluding tert-OH is 1. The molecule has 1 aromatic carbocycles. The molecule has 1 amide bonds. The van der Waals surface area contributed by atoms with Gasteiger partial charge < -0.3 is 16.2 Å². The second-order valence-corrected chi connectivity index (χ2v) is 4.98. The first kappa shape index (κ1) is 15.1. The Bertz CT molecular complexity index is 592. The number of nitrogens with one attached hydrogen (secondary N) is 1. The third-order valence-corrected chi connectivity index (χ3v) is 3.15. The van der Waals surface area contributed by atoms with Crippen LogP contribution >= 0.6 is 0 Å². The number of rotatable bonds is 6. The number of carbonyl (C=O) groups excluding carboxylic acids is 1. The molecule has 4 N–H and O–H groups in total. The van der Waals surface area contributed by atoms with Crippen molar-refractivity contribution in [1.29, 1.82) is 0 Å². The quantitative estimate of drug-likeness (QED) is 0.699. The smallest absolute Gasteiger partial charge is 0.271 e. The van der Waals surface area contributed by atoms with E-state index in [4.69, 9.17) is 10.8 Å². The van der Waals surface area contributed by atoms with Crippen molar-refractivity contribution in [3.05, 3.63) is 42.2 Å². The third-order valence-electron chi connectivity index (χ3n) is 3.15. The minimum Gasteiger partial charge on any atom is -0.399 e. The highest BCUT2D eigenvalue weighted by Gasteiger charge is 2.12. The first-order chi connectivity index (χ1) is 10.1. The lowest BCUT2D eigenvalue weighted by Gasteiger charge is -2.11. The summed E-state index contributed by atoms with van der Waals surface area (Å²) in [6.07, 6.45) is 3.14. The van der Waals surface area contributed by atoms with Gasteiger partial charge >= 0.3 is 0 Å². The normalized spacial score (nSPS) is 12.1. The number of anilines is 1. The first-order valence-electron chi connectivity index (χ1n) is 6.93. The molecule has 1 unspecified atom stereocenters. The van der Waals surface area contributed by atoms with Crippen LogP contribution in [0, 0.1) is 0 Å². The van der Waals surface area contributed by atoms with Crippen molar-refractivity contribution in [2.75, 3.05) is 12.3 Å². The lowest BCUT2D eigenvalue weighted by Crippen LogP contribution is -2.33. The number of aromatic nitrogens is 2. The Morgan fingerprint density at radius 3 is 2.76 bits per heavy atom. The van der Waals surface area contributed by atoms with Gasteiger partial charge in [0.25, 0.3) is 5.91 Å². The lowest BCUT2D eigenvalue weighted by atomic mass is 10.2. The first-order valence-corrected chi connectivity index (χ1v) is 6.93. The number of nitrogens with zero attached hydrogens (tertiary/aromatic N) is 2. The number of carbonyl (C=O) groups is 1. The van der Waals surface area contributed by atoms with Gasteiger partial charge in [0.15, 0.2) is 5.69 Å². The highest BCUT2D eigenvalue weighted by molar-refractivity contribution is 5.92. The van der Waals surface area contributed by atoms with Crippen molar-refractivity contribution >= 4 is 11.6 Å². The predicted octanol–water partition coefficient (Wildman–Crippen LogP) is 1.35. The van der Waals surface area contributed by atoms with Crippen LogP contribution in [0.4, 0.5) is 5.69 Å². The monoisotopic (exact) mass is 288 g/mol. The Labute approximate surface area is 123 Å². The van der Waals surface area contributed by atoms with E-state index in [1.807, 2.05) is 19.1 Å². The standard InChI is InChI=1S/C15H20N4O2/c1-11(3-2-10-20)17-15(21)14-8-9-19(18-14)13-6-4-12(16)5-7-13/h4-9,11,20H,2-3,10,16H2,1H3,(H,17,21). The topological polar surface area (TPSA) is 93.2 Å². The van der Waals surface area contributed by atoms with Crippen LogP contribution in [0.3, 0.4) is 0 Å². The Balaban J connectivity index is 2.02. The van der Waals surface area contributed by atoms with Gasteiger partial charge in [0.1, 0.15) is 0 Å². The van der Waals surface area contributed by atoms with Crippen molar-refractivity contribution in [1.82, 2.24) is 15.1 Å². The second kappa shape index (κ2) is 6.90. The van der Waals surface area contributed by atoms with Gasteiger partial charge in [-0.3, -0.25) is 4.79 Å². The van der Waals surface area contributed by atoms with Crippen LogP contribution in [-0.2, 0) is 0 Å². The fourth-order valence-corrected chi connectivity index (χ4v) is 1.98. The summed E-state index contributed by atoms with van der Waals surface area (Å²) in [5.41, 5.74) is 7.53. The summed E-state index contributed by atoms with van der Waals surface area (Å²) in [6.45, 7) is 2.04. The third kappa shape index (κ3) is 4.06. The molecule has 0 saturated heterocycles. The molecule has 1 heterocycles.